The summed E-state index contributed by atoms with van der Waals surface area (Å²) in [6, 6.07) is 4.62. The fourth-order valence-electron chi connectivity index (χ4n) is 3.40. The normalized spacial score (nSPS) is 14.1. The van der Waals surface area contributed by atoms with E-state index >= 15 is 0 Å². The number of nitrogens with two attached hydrogens (primary N) is 1. The van der Waals surface area contributed by atoms with Crippen LogP contribution in [0.3, 0.4) is 0 Å². The molecule has 0 radical (unpaired) electrons. The van der Waals surface area contributed by atoms with Crippen molar-refractivity contribution in [2.75, 3.05) is 32.4 Å². The Hall–Kier alpha value is -3.00. The summed E-state index contributed by atoms with van der Waals surface area (Å²) >= 11 is -1.83. The van der Waals surface area contributed by atoms with Gasteiger partial charge < -0.3 is 4.90 Å². The van der Waals surface area contributed by atoms with Crippen molar-refractivity contribution in [3.63, 3.8) is 0 Å². The van der Waals surface area contributed by atoms with Gasteiger partial charge in [0, 0.05) is 0 Å². The average Bonchev–Trinajstić information content (AvgIpc) is 3.44. The maximum absolute atomic E-state index is 13.0. The van der Waals surface area contributed by atoms with Crippen LogP contribution in [-0.2, 0) is 7.05 Å². The molecular formula is C25H34F3N7OSe. The minimum atomic E-state index is -4.36. The summed E-state index contributed by atoms with van der Waals surface area (Å²) in [5, 5.41) is 6.16. The van der Waals surface area contributed by atoms with Crippen LogP contribution in [0.1, 0.15) is 49.7 Å². The Morgan fingerprint density at radius 3 is 2.49 bits per heavy atom. The standard InChI is InChI=1S/C16H13F3N6OSe.C7H15N.C2H6/c1-24-9-10(8-22-24)15(26)21-7-3-4-11-14(27-16(17,18)19)12-5-2-6-13(20)25(12)23-11;1-7-3-5-8(2)6-4-7;1-2/h2,5-6,8-9H,7,20H2,1H3,(H,21,26);7H,3-6H2,1-2H3;1-2H3. The predicted molar refractivity (Wildman–Crippen MR) is 141 cm³/mol. The van der Waals surface area contributed by atoms with Gasteiger partial charge in [0.2, 0.25) is 0 Å². The fraction of sp³-hybridized carbons (Fsp3) is 0.480. The molecule has 0 aliphatic carbocycles. The molecule has 1 amide bonds. The van der Waals surface area contributed by atoms with E-state index in [-0.39, 0.29) is 33.9 Å². The van der Waals surface area contributed by atoms with E-state index in [4.69, 9.17) is 5.73 Å². The molecule has 12 heteroatoms. The van der Waals surface area contributed by atoms with Crippen LogP contribution in [0, 0.1) is 17.8 Å². The van der Waals surface area contributed by atoms with Crippen LogP contribution in [0.15, 0.2) is 30.6 Å². The molecule has 3 aromatic rings. The summed E-state index contributed by atoms with van der Waals surface area (Å²) in [6.45, 7) is 8.91. The quantitative estimate of drug-likeness (QED) is 0.365. The number of aryl methyl sites for hydroxylation is 1. The van der Waals surface area contributed by atoms with Crippen LogP contribution < -0.4 is 15.5 Å². The van der Waals surface area contributed by atoms with Gasteiger partial charge in [0.15, 0.2) is 0 Å². The van der Waals surface area contributed by atoms with E-state index in [1.54, 1.807) is 13.1 Å². The van der Waals surface area contributed by atoms with E-state index in [2.05, 4.69) is 46.2 Å². The molecule has 1 aliphatic heterocycles. The van der Waals surface area contributed by atoms with Crippen LogP contribution in [0.4, 0.5) is 19.0 Å². The number of hydrogen-bond acceptors (Lipinski definition) is 5. The first-order chi connectivity index (χ1) is 17.5. The van der Waals surface area contributed by atoms with Gasteiger partial charge in [-0.3, -0.25) is 0 Å². The summed E-state index contributed by atoms with van der Waals surface area (Å²) in [5.41, 5.74) is 6.41. The number of pyridine rings is 1. The van der Waals surface area contributed by atoms with Gasteiger partial charge in [0.05, 0.1) is 0 Å². The molecule has 4 heterocycles. The molecule has 1 aliphatic rings. The van der Waals surface area contributed by atoms with Gasteiger partial charge in [-0.05, 0) is 38.9 Å². The zero-order valence-electron chi connectivity index (χ0n) is 21.8. The molecule has 1 fully saturated rings. The van der Waals surface area contributed by atoms with Crippen LogP contribution in [0.25, 0.3) is 5.52 Å². The summed E-state index contributed by atoms with van der Waals surface area (Å²) in [5.74, 6) is 6.05. The maximum atomic E-state index is 13.0. The second-order valence-corrected chi connectivity index (χ2v) is 10.6. The molecule has 202 valence electrons. The molecule has 37 heavy (non-hydrogen) atoms. The SMILES string of the molecule is CC.CC1CCN(C)CC1.Cn1cc(C(=O)NCC#Cc2nn3c(N)cccc3c2[Se]C(F)(F)F)cn1. The van der Waals surface area contributed by atoms with Crippen molar-refractivity contribution < 1.29 is 18.0 Å². The van der Waals surface area contributed by atoms with Gasteiger partial charge in [-0.1, -0.05) is 20.8 Å². The Bertz CT molecular complexity index is 1210. The molecule has 8 nitrogen and oxygen atoms in total. The third-order valence-corrected chi connectivity index (χ3v) is 7.14. The minimum absolute atomic E-state index is 0.000789. The third kappa shape index (κ3) is 9.43. The van der Waals surface area contributed by atoms with Gasteiger partial charge in [-0.25, -0.2) is 0 Å². The molecule has 0 aromatic carbocycles. The number of fused-ring (bicyclic) bond motifs is 1. The van der Waals surface area contributed by atoms with Crippen LogP contribution in [0.2, 0.25) is 0 Å². The van der Waals surface area contributed by atoms with Crippen LogP contribution >= 0.6 is 0 Å². The number of nitrogens with zero attached hydrogens (tertiary/aromatic N) is 5. The number of carbonyl (C=O) groups excluding carboxylic acids is 1. The third-order valence-electron chi connectivity index (χ3n) is 5.38. The number of anilines is 1. The number of carbonyl (C=O) groups is 1. The monoisotopic (exact) mass is 585 g/mol. The van der Waals surface area contributed by atoms with Crippen molar-refractivity contribution in [1.82, 2.24) is 29.6 Å². The Balaban J connectivity index is 0.000000406. The van der Waals surface area contributed by atoms with Crippen molar-refractivity contribution in [1.29, 1.82) is 0 Å². The molecule has 0 bridgehead atoms. The zero-order chi connectivity index (χ0) is 27.6. The molecule has 0 saturated carbocycles. The number of rotatable bonds is 3. The Morgan fingerprint density at radius 1 is 1.24 bits per heavy atom. The first-order valence-corrected chi connectivity index (χ1v) is 13.7. The fourth-order valence-corrected chi connectivity index (χ4v) is 4.82. The van der Waals surface area contributed by atoms with E-state index in [0.717, 1.165) is 5.92 Å². The van der Waals surface area contributed by atoms with E-state index < -0.39 is 20.0 Å². The van der Waals surface area contributed by atoms with Crippen LogP contribution in [0.5, 0.6) is 0 Å². The number of amides is 1. The molecule has 3 N–H and O–H groups in total. The number of likely N-dealkylation sites (tertiary alicyclic amines) is 1. The van der Waals surface area contributed by atoms with Crippen molar-refractivity contribution in [2.45, 2.75) is 38.7 Å². The number of nitrogen functional groups attached to an aromatic ring is 1. The van der Waals surface area contributed by atoms with E-state index in [9.17, 15) is 18.0 Å². The first-order valence-electron chi connectivity index (χ1n) is 12.0. The number of nitrogens with one attached hydrogen (secondary N) is 1. The van der Waals surface area contributed by atoms with E-state index in [0.29, 0.717) is 5.56 Å². The van der Waals surface area contributed by atoms with Gasteiger partial charge in [-0.2, -0.15) is 0 Å². The molecule has 4 rings (SSSR count). The van der Waals surface area contributed by atoms with Gasteiger partial charge in [0.25, 0.3) is 0 Å². The molecular weight excluding hydrogens is 550 g/mol. The zero-order valence-corrected chi connectivity index (χ0v) is 23.5. The van der Waals surface area contributed by atoms with Crippen molar-refractivity contribution >= 4 is 36.7 Å². The summed E-state index contributed by atoms with van der Waals surface area (Å²) in [7, 11) is 3.88. The number of halogens is 3. The molecule has 3 aromatic heterocycles. The summed E-state index contributed by atoms with van der Waals surface area (Å²) < 4.78 is 41.6. The second-order valence-electron chi connectivity index (χ2n) is 8.35. The van der Waals surface area contributed by atoms with Crippen molar-refractivity contribution in [3.05, 3.63) is 41.9 Å². The molecule has 0 spiro atoms. The van der Waals surface area contributed by atoms with Crippen molar-refractivity contribution in [2.24, 2.45) is 13.0 Å². The number of alkyl halides is 3. The first kappa shape index (κ1) is 30.2. The average molecular weight is 585 g/mol. The molecule has 0 atom stereocenters. The Labute approximate surface area is 221 Å². The van der Waals surface area contributed by atoms with E-state index in [1.165, 1.54) is 59.7 Å². The number of hydrogen-bond donors (Lipinski definition) is 2. The van der Waals surface area contributed by atoms with Crippen molar-refractivity contribution in [3.8, 4) is 11.8 Å². The van der Waals surface area contributed by atoms with Gasteiger partial charge in [-0.15, -0.1) is 0 Å². The Morgan fingerprint density at radius 2 is 1.92 bits per heavy atom. The molecule has 1 saturated heterocycles. The number of piperidine rings is 1. The number of aromatic nitrogens is 4. The van der Waals surface area contributed by atoms with E-state index in [1.807, 2.05) is 13.8 Å². The summed E-state index contributed by atoms with van der Waals surface area (Å²) in [4.78, 5) is 14.3. The predicted octanol–water partition coefficient (Wildman–Crippen LogP) is 2.66. The second kappa shape index (κ2) is 14.1. The molecule has 0 unspecified atom stereocenters. The topological polar surface area (TPSA) is 93.5 Å². The van der Waals surface area contributed by atoms with Crippen LogP contribution in [-0.4, -0.2) is 76.9 Å². The van der Waals surface area contributed by atoms with Gasteiger partial charge >= 0.3 is 157 Å². The summed E-state index contributed by atoms with van der Waals surface area (Å²) in [6.07, 6.45) is 5.74. The van der Waals surface area contributed by atoms with Gasteiger partial charge in [0.1, 0.15) is 0 Å². The Kier molecular flexibility index (Phi) is 11.5.